The molecule has 17 heavy (non-hydrogen) atoms. The van der Waals surface area contributed by atoms with Gasteiger partial charge in [0, 0.05) is 6.20 Å². The monoisotopic (exact) mass is 225 g/mol. The minimum Gasteiger partial charge on any atom is -0.267 e. The van der Waals surface area contributed by atoms with Crippen LogP contribution in [0.1, 0.15) is 0 Å². The average Bonchev–Trinajstić information content (AvgIpc) is 2.40. The molecule has 4 heteroatoms. The molecule has 84 valence electrons. The van der Waals surface area contributed by atoms with Crippen LogP contribution in [-0.2, 0) is 4.79 Å². The van der Waals surface area contributed by atoms with Crippen LogP contribution in [0.4, 0.5) is 0 Å². The van der Waals surface area contributed by atoms with Gasteiger partial charge in [-0.1, -0.05) is 24.8 Å². The summed E-state index contributed by atoms with van der Waals surface area (Å²) in [5, 5.41) is 4.69. The summed E-state index contributed by atoms with van der Waals surface area (Å²) in [6.07, 6.45) is 4.46. The van der Waals surface area contributed by atoms with E-state index in [1.165, 1.54) is 6.20 Å². The highest BCUT2D eigenvalue weighted by Gasteiger charge is 1.93. The van der Waals surface area contributed by atoms with E-state index >= 15 is 0 Å². The van der Waals surface area contributed by atoms with Gasteiger partial charge in [0.05, 0.1) is 17.2 Å². The fraction of sp³-hybridized carbons (Fsp3) is 0. The van der Waals surface area contributed by atoms with Crippen LogP contribution in [0.2, 0.25) is 0 Å². The highest BCUT2D eigenvalue weighted by Crippen LogP contribution is 2.02. The van der Waals surface area contributed by atoms with Crippen molar-refractivity contribution in [3.8, 4) is 5.69 Å². The molecule has 0 N–H and O–H groups in total. The first-order valence-electron chi connectivity index (χ1n) is 5.11. The summed E-state index contributed by atoms with van der Waals surface area (Å²) < 4.78 is 1.71. The van der Waals surface area contributed by atoms with Crippen molar-refractivity contribution in [2.45, 2.75) is 0 Å². The van der Waals surface area contributed by atoms with E-state index in [4.69, 9.17) is 0 Å². The minimum atomic E-state index is -0.371. The lowest BCUT2D eigenvalue weighted by atomic mass is 10.3. The highest BCUT2D eigenvalue weighted by molar-refractivity contribution is 5.87. The predicted octanol–water partition coefficient (Wildman–Crippen LogP) is 1.49. The average molecular weight is 225 g/mol. The number of para-hydroxylation sites is 1. The van der Waals surface area contributed by atoms with Crippen LogP contribution < -0.4 is 5.36 Å². The van der Waals surface area contributed by atoms with Crippen molar-refractivity contribution in [1.29, 1.82) is 0 Å². The summed E-state index contributed by atoms with van der Waals surface area (Å²) >= 11 is 0. The van der Waals surface area contributed by atoms with Crippen molar-refractivity contribution >= 4 is 5.91 Å². The van der Waals surface area contributed by atoms with Gasteiger partial charge >= 0.3 is 0 Å². The number of carbonyl (C=O) groups is 1. The molecule has 0 unspecified atom stereocenters. The third-order valence-electron chi connectivity index (χ3n) is 2.14. The van der Waals surface area contributed by atoms with E-state index in [1.807, 2.05) is 30.3 Å². The first kappa shape index (κ1) is 11.0. The molecule has 1 aromatic carbocycles. The molecule has 0 atom stereocenters. The van der Waals surface area contributed by atoms with Crippen LogP contribution in [-0.4, -0.2) is 15.7 Å². The summed E-state index contributed by atoms with van der Waals surface area (Å²) in [6, 6.07) is 11.4. The van der Waals surface area contributed by atoms with Gasteiger partial charge in [0.2, 0.25) is 0 Å². The lowest BCUT2D eigenvalue weighted by Crippen LogP contribution is -2.10. The highest BCUT2D eigenvalue weighted by atomic mass is 16.1. The molecule has 0 bridgehead atoms. The Balaban J connectivity index is 2.34. The number of aromatic nitrogens is 2. The third kappa shape index (κ3) is 2.75. The quantitative estimate of drug-likeness (QED) is 0.727. The van der Waals surface area contributed by atoms with Gasteiger partial charge in [-0.15, -0.1) is 0 Å². The lowest BCUT2D eigenvalue weighted by molar-refractivity contribution is -0.113. The Morgan fingerprint density at radius 1 is 1.29 bits per heavy atom. The Labute approximate surface area is 98.6 Å². The van der Waals surface area contributed by atoms with E-state index < -0.39 is 0 Å². The van der Waals surface area contributed by atoms with Gasteiger partial charge in [-0.25, -0.2) is 9.67 Å². The fourth-order valence-electron chi connectivity index (χ4n) is 1.32. The number of hydrogen-bond donors (Lipinski definition) is 0. The maximum atomic E-state index is 11.0. The molecule has 0 aliphatic rings. The SMILES string of the molecule is C=CC(=O)/N=c1/ccn(-c2ccccc2)nc1. The van der Waals surface area contributed by atoms with Crippen molar-refractivity contribution in [1.82, 2.24) is 9.78 Å². The predicted molar refractivity (Wildman–Crippen MR) is 64.3 cm³/mol. The molecule has 0 saturated carbocycles. The normalized spacial score (nSPS) is 11.2. The molecule has 1 heterocycles. The summed E-state index contributed by atoms with van der Waals surface area (Å²) in [5.74, 6) is -0.371. The van der Waals surface area contributed by atoms with Crippen molar-refractivity contribution in [3.63, 3.8) is 0 Å². The molecule has 4 nitrogen and oxygen atoms in total. The Morgan fingerprint density at radius 3 is 2.65 bits per heavy atom. The third-order valence-corrected chi connectivity index (χ3v) is 2.14. The molecule has 0 radical (unpaired) electrons. The van der Waals surface area contributed by atoms with Gasteiger partial charge < -0.3 is 0 Å². The standard InChI is InChI=1S/C13H11N3O/c1-2-13(17)15-11-8-9-16(14-10-11)12-6-4-3-5-7-12/h2-10H,1H2/b15-11-. The van der Waals surface area contributed by atoms with Crippen molar-refractivity contribution in [3.05, 3.63) is 66.8 Å². The molecule has 1 amide bonds. The van der Waals surface area contributed by atoms with E-state index in [9.17, 15) is 4.79 Å². The topological polar surface area (TPSA) is 47.2 Å². The number of amides is 1. The van der Waals surface area contributed by atoms with E-state index in [0.29, 0.717) is 5.36 Å². The number of benzene rings is 1. The molecular formula is C13H11N3O. The Morgan fingerprint density at radius 2 is 2.06 bits per heavy atom. The Kier molecular flexibility index (Phi) is 3.25. The largest absolute Gasteiger partial charge is 0.269 e. The van der Waals surface area contributed by atoms with E-state index in [2.05, 4.69) is 16.7 Å². The summed E-state index contributed by atoms with van der Waals surface area (Å²) in [5.41, 5.74) is 0.953. The molecule has 0 spiro atoms. The van der Waals surface area contributed by atoms with Gasteiger partial charge in [-0.2, -0.15) is 5.10 Å². The van der Waals surface area contributed by atoms with Crippen molar-refractivity contribution in [2.24, 2.45) is 4.99 Å². The summed E-state index contributed by atoms with van der Waals surface area (Å²) in [6.45, 7) is 3.35. The zero-order chi connectivity index (χ0) is 12.1. The molecule has 0 saturated heterocycles. The maximum absolute atomic E-state index is 11.0. The van der Waals surface area contributed by atoms with Gasteiger partial charge in [-0.05, 0) is 24.3 Å². The van der Waals surface area contributed by atoms with Crippen LogP contribution in [0.15, 0.2) is 66.4 Å². The molecule has 1 aromatic heterocycles. The van der Waals surface area contributed by atoms with Crippen molar-refractivity contribution in [2.75, 3.05) is 0 Å². The smallest absolute Gasteiger partial charge is 0.267 e. The van der Waals surface area contributed by atoms with Crippen LogP contribution >= 0.6 is 0 Å². The van der Waals surface area contributed by atoms with E-state index in [1.54, 1.807) is 16.9 Å². The van der Waals surface area contributed by atoms with Gasteiger partial charge in [-0.3, -0.25) is 4.79 Å². The molecular weight excluding hydrogens is 214 g/mol. The summed E-state index contributed by atoms with van der Waals surface area (Å²) in [4.78, 5) is 14.8. The van der Waals surface area contributed by atoms with Crippen LogP contribution in [0.5, 0.6) is 0 Å². The first-order valence-corrected chi connectivity index (χ1v) is 5.11. The van der Waals surface area contributed by atoms with E-state index in [-0.39, 0.29) is 5.91 Å². The maximum Gasteiger partial charge on any atom is 0.269 e. The summed E-state index contributed by atoms with van der Waals surface area (Å²) in [7, 11) is 0. The minimum absolute atomic E-state index is 0.371. The fourth-order valence-corrected chi connectivity index (χ4v) is 1.32. The first-order chi connectivity index (χ1) is 8.29. The van der Waals surface area contributed by atoms with Crippen LogP contribution in [0.25, 0.3) is 5.69 Å². The van der Waals surface area contributed by atoms with Crippen LogP contribution in [0, 0.1) is 0 Å². The molecule has 0 fully saturated rings. The number of nitrogens with zero attached hydrogens (tertiary/aromatic N) is 3. The second kappa shape index (κ2) is 5.03. The molecule has 2 rings (SSSR count). The second-order valence-electron chi connectivity index (χ2n) is 3.32. The molecule has 2 aromatic rings. The Bertz CT molecular complexity index is 579. The van der Waals surface area contributed by atoms with Gasteiger partial charge in [0.15, 0.2) is 0 Å². The Hall–Kier alpha value is -2.49. The lowest BCUT2D eigenvalue weighted by Gasteiger charge is -2.02. The second-order valence-corrected chi connectivity index (χ2v) is 3.32. The number of carbonyl (C=O) groups excluding carboxylic acids is 1. The zero-order valence-corrected chi connectivity index (χ0v) is 9.15. The number of hydrogen-bond acceptors (Lipinski definition) is 2. The van der Waals surface area contributed by atoms with Crippen molar-refractivity contribution < 1.29 is 4.79 Å². The van der Waals surface area contributed by atoms with Gasteiger partial charge in [0.1, 0.15) is 0 Å². The van der Waals surface area contributed by atoms with E-state index in [0.717, 1.165) is 11.8 Å². The molecule has 0 aliphatic heterocycles. The zero-order valence-electron chi connectivity index (χ0n) is 9.15. The van der Waals surface area contributed by atoms with Gasteiger partial charge in [0.25, 0.3) is 5.91 Å². The van der Waals surface area contributed by atoms with Crippen LogP contribution in [0.3, 0.4) is 0 Å². The number of rotatable bonds is 2. The molecule has 0 aliphatic carbocycles.